The molecule has 5 nitrogen and oxygen atoms in total. The highest BCUT2D eigenvalue weighted by Gasteiger charge is 2.51. The highest BCUT2D eigenvalue weighted by atomic mass is 19.1. The molecule has 3 aliphatic carbocycles. The van der Waals surface area contributed by atoms with E-state index < -0.39 is 0 Å². The standard InChI is InChI=1S/C34H44FN3O2/c1-4-5-6-25-7-9-26(10-8-25)32(39)37-20-17-36(18-21-37)19-22-38(33(40)27-12-15-30(35)16-13-27)24-28-11-14-29-23-31(28)34(29,2)3/h7-13,15-16,29,31H,4-6,14,17-24H2,1-3H3. The Morgan fingerprint density at radius 1 is 0.975 bits per heavy atom. The van der Waals surface area contributed by atoms with Gasteiger partial charge in [0.25, 0.3) is 11.8 Å². The summed E-state index contributed by atoms with van der Waals surface area (Å²) >= 11 is 0. The van der Waals surface area contributed by atoms with Gasteiger partial charge in [0.2, 0.25) is 0 Å². The second-order valence-corrected chi connectivity index (χ2v) is 12.5. The predicted molar refractivity (Wildman–Crippen MR) is 158 cm³/mol. The molecule has 2 amide bonds. The van der Waals surface area contributed by atoms with E-state index in [1.165, 1.54) is 42.5 Å². The van der Waals surface area contributed by atoms with Crippen molar-refractivity contribution in [2.24, 2.45) is 17.3 Å². The van der Waals surface area contributed by atoms with E-state index in [2.05, 4.69) is 43.9 Å². The maximum absolute atomic E-state index is 13.6. The Hall–Kier alpha value is -2.99. The molecule has 0 radical (unpaired) electrons. The Kier molecular flexibility index (Phi) is 8.74. The van der Waals surface area contributed by atoms with Crippen LogP contribution in [0.5, 0.6) is 0 Å². The largest absolute Gasteiger partial charge is 0.336 e. The fourth-order valence-electron chi connectivity index (χ4n) is 6.72. The molecule has 1 aliphatic heterocycles. The number of allylic oxidation sites excluding steroid dienone is 1. The second kappa shape index (κ2) is 12.3. The monoisotopic (exact) mass is 545 g/mol. The Balaban J connectivity index is 1.18. The van der Waals surface area contributed by atoms with Crippen molar-refractivity contribution in [1.29, 1.82) is 0 Å². The average molecular weight is 546 g/mol. The summed E-state index contributed by atoms with van der Waals surface area (Å²) in [6.45, 7) is 11.8. The first-order valence-electron chi connectivity index (χ1n) is 15.1. The lowest BCUT2D eigenvalue weighted by Gasteiger charge is -2.57. The molecular formula is C34H44FN3O2. The molecule has 6 heteroatoms. The number of carbonyl (C=O) groups excluding carboxylic acids is 2. The summed E-state index contributed by atoms with van der Waals surface area (Å²) in [5.74, 6) is 1.00. The van der Waals surface area contributed by atoms with E-state index in [9.17, 15) is 14.0 Å². The fourth-order valence-corrected chi connectivity index (χ4v) is 6.72. The van der Waals surface area contributed by atoms with Crippen molar-refractivity contribution in [2.45, 2.75) is 52.9 Å². The number of benzene rings is 2. The van der Waals surface area contributed by atoms with E-state index in [0.717, 1.165) is 44.0 Å². The van der Waals surface area contributed by atoms with Crippen molar-refractivity contribution in [1.82, 2.24) is 14.7 Å². The maximum Gasteiger partial charge on any atom is 0.254 e. The lowest BCUT2D eigenvalue weighted by Crippen LogP contribution is -2.52. The first-order chi connectivity index (χ1) is 19.3. The Morgan fingerprint density at radius 3 is 2.27 bits per heavy atom. The molecule has 6 rings (SSSR count). The Bertz CT molecular complexity index is 1210. The molecule has 1 saturated heterocycles. The summed E-state index contributed by atoms with van der Waals surface area (Å²) in [6.07, 6.45) is 8.05. The third-order valence-electron chi connectivity index (χ3n) is 9.70. The van der Waals surface area contributed by atoms with Gasteiger partial charge in [-0.3, -0.25) is 14.5 Å². The zero-order chi connectivity index (χ0) is 28.3. The SMILES string of the molecule is CCCCc1ccc(C(=O)N2CCN(CCN(CC3=CCC4CC3C4(C)C)C(=O)c3ccc(F)cc3)CC2)cc1. The van der Waals surface area contributed by atoms with Crippen LogP contribution in [0.15, 0.2) is 60.2 Å². The quantitative estimate of drug-likeness (QED) is 0.341. The summed E-state index contributed by atoms with van der Waals surface area (Å²) < 4.78 is 13.5. The van der Waals surface area contributed by atoms with Crippen molar-refractivity contribution in [3.05, 3.63) is 82.7 Å². The summed E-state index contributed by atoms with van der Waals surface area (Å²) in [4.78, 5) is 32.9. The number of carbonyl (C=O) groups is 2. The van der Waals surface area contributed by atoms with E-state index in [1.54, 1.807) is 12.1 Å². The molecule has 2 aromatic carbocycles. The zero-order valence-electron chi connectivity index (χ0n) is 24.4. The van der Waals surface area contributed by atoms with Crippen LogP contribution in [0.4, 0.5) is 4.39 Å². The highest BCUT2D eigenvalue weighted by molar-refractivity contribution is 5.95. The second-order valence-electron chi connectivity index (χ2n) is 12.5. The van der Waals surface area contributed by atoms with Gasteiger partial charge in [0, 0.05) is 56.9 Å². The number of amides is 2. The van der Waals surface area contributed by atoms with Crippen LogP contribution in [-0.4, -0.2) is 72.3 Å². The van der Waals surface area contributed by atoms with Crippen LogP contribution < -0.4 is 0 Å². The minimum Gasteiger partial charge on any atom is -0.336 e. The summed E-state index contributed by atoms with van der Waals surface area (Å²) in [5.41, 5.74) is 4.24. The number of fused-ring (bicyclic) bond motifs is 1. The summed E-state index contributed by atoms with van der Waals surface area (Å²) in [6, 6.07) is 14.0. The van der Waals surface area contributed by atoms with Crippen LogP contribution in [-0.2, 0) is 6.42 Å². The van der Waals surface area contributed by atoms with Crippen molar-refractivity contribution in [2.75, 3.05) is 45.8 Å². The Morgan fingerprint density at radius 2 is 1.65 bits per heavy atom. The minimum absolute atomic E-state index is 0.0450. The van der Waals surface area contributed by atoms with Crippen molar-refractivity contribution >= 4 is 11.8 Å². The van der Waals surface area contributed by atoms with E-state index in [1.807, 2.05) is 21.9 Å². The molecule has 1 heterocycles. The highest BCUT2D eigenvalue weighted by Crippen LogP contribution is 2.59. The van der Waals surface area contributed by atoms with Crippen LogP contribution in [0.25, 0.3) is 0 Å². The van der Waals surface area contributed by atoms with Gasteiger partial charge in [0.05, 0.1) is 0 Å². The third-order valence-corrected chi connectivity index (χ3v) is 9.70. The van der Waals surface area contributed by atoms with Gasteiger partial charge in [-0.2, -0.15) is 0 Å². The van der Waals surface area contributed by atoms with Gasteiger partial charge in [-0.15, -0.1) is 0 Å². The van der Waals surface area contributed by atoms with E-state index >= 15 is 0 Å². The number of piperazine rings is 1. The number of hydrogen-bond acceptors (Lipinski definition) is 3. The van der Waals surface area contributed by atoms with Gasteiger partial charge in [-0.25, -0.2) is 4.39 Å². The third kappa shape index (κ3) is 6.17. The summed E-state index contributed by atoms with van der Waals surface area (Å²) in [5, 5.41) is 0. The molecule has 2 fully saturated rings. The number of aryl methyl sites for hydroxylation is 1. The molecule has 2 bridgehead atoms. The smallest absolute Gasteiger partial charge is 0.254 e. The van der Waals surface area contributed by atoms with E-state index in [4.69, 9.17) is 0 Å². The van der Waals surface area contributed by atoms with Crippen molar-refractivity contribution in [3.8, 4) is 0 Å². The van der Waals surface area contributed by atoms with E-state index in [0.29, 0.717) is 43.1 Å². The van der Waals surface area contributed by atoms with Gasteiger partial charge in [-0.05, 0) is 84.9 Å². The number of hydrogen-bond donors (Lipinski definition) is 0. The maximum atomic E-state index is 13.6. The topological polar surface area (TPSA) is 43.9 Å². The number of rotatable bonds is 10. The molecule has 2 aromatic rings. The predicted octanol–water partition coefficient (Wildman–Crippen LogP) is 6.06. The van der Waals surface area contributed by atoms with Gasteiger partial charge in [0.1, 0.15) is 5.82 Å². The minimum atomic E-state index is -0.333. The molecule has 0 aromatic heterocycles. The molecule has 40 heavy (non-hydrogen) atoms. The van der Waals surface area contributed by atoms with Crippen molar-refractivity contribution < 1.29 is 14.0 Å². The number of nitrogens with zero attached hydrogens (tertiary/aromatic N) is 3. The van der Waals surface area contributed by atoms with Crippen LogP contribution in [0, 0.1) is 23.1 Å². The van der Waals surface area contributed by atoms with Crippen LogP contribution in [0.2, 0.25) is 0 Å². The number of halogens is 1. The van der Waals surface area contributed by atoms with Crippen LogP contribution in [0.1, 0.15) is 72.7 Å². The molecule has 1 saturated carbocycles. The molecule has 214 valence electrons. The molecule has 2 atom stereocenters. The van der Waals surface area contributed by atoms with Crippen molar-refractivity contribution in [3.63, 3.8) is 0 Å². The normalized spacial score (nSPS) is 21.9. The first kappa shape index (κ1) is 28.5. The Labute approximate surface area is 239 Å². The van der Waals surface area contributed by atoms with E-state index in [-0.39, 0.29) is 17.6 Å². The lowest BCUT2D eigenvalue weighted by molar-refractivity contribution is -0.0105. The lowest BCUT2D eigenvalue weighted by atomic mass is 9.49. The zero-order valence-corrected chi connectivity index (χ0v) is 24.4. The molecule has 4 aliphatic rings. The molecule has 0 N–H and O–H groups in total. The first-order valence-corrected chi connectivity index (χ1v) is 15.1. The van der Waals surface area contributed by atoms with Gasteiger partial charge < -0.3 is 9.80 Å². The molecule has 0 spiro atoms. The molecular weight excluding hydrogens is 501 g/mol. The fraction of sp³-hybridized carbons (Fsp3) is 0.529. The van der Waals surface area contributed by atoms with Gasteiger partial charge >= 0.3 is 0 Å². The average Bonchev–Trinajstić information content (AvgIpc) is 2.98. The van der Waals surface area contributed by atoms with Crippen LogP contribution >= 0.6 is 0 Å². The molecule has 2 unspecified atom stereocenters. The summed E-state index contributed by atoms with van der Waals surface area (Å²) in [7, 11) is 0. The van der Waals surface area contributed by atoms with Gasteiger partial charge in [0.15, 0.2) is 0 Å². The van der Waals surface area contributed by atoms with Crippen LogP contribution in [0.3, 0.4) is 0 Å². The van der Waals surface area contributed by atoms with Gasteiger partial charge in [-0.1, -0.05) is 51.0 Å². The number of unbranched alkanes of at least 4 members (excludes halogenated alkanes) is 1.